The third kappa shape index (κ3) is 3.03. The van der Waals surface area contributed by atoms with Gasteiger partial charge in [0.15, 0.2) is 0 Å². The number of carbonyl (C=O) groups excluding carboxylic acids is 1. The van der Waals surface area contributed by atoms with Gasteiger partial charge in [-0.15, -0.1) is 0 Å². The van der Waals surface area contributed by atoms with Gasteiger partial charge in [0.2, 0.25) is 0 Å². The molecule has 0 spiro atoms. The molecule has 0 aromatic carbocycles. The molecule has 2 heterocycles. The van der Waals surface area contributed by atoms with E-state index in [1.807, 2.05) is 0 Å². The first kappa shape index (κ1) is 13.8. The van der Waals surface area contributed by atoms with Crippen LogP contribution in [0.1, 0.15) is 19.3 Å². The van der Waals surface area contributed by atoms with Crippen LogP contribution in [0.4, 0.5) is 0 Å². The summed E-state index contributed by atoms with van der Waals surface area (Å²) in [6.07, 6.45) is 2.16. The van der Waals surface area contributed by atoms with Crippen LogP contribution in [0.25, 0.3) is 0 Å². The fourth-order valence-electron chi connectivity index (χ4n) is 3.16. The average molecular weight is 275 g/mol. The zero-order valence-electron chi connectivity index (χ0n) is 10.7. The van der Waals surface area contributed by atoms with Gasteiger partial charge in [-0.1, -0.05) is 0 Å². The first-order valence-electron chi connectivity index (χ1n) is 6.52. The minimum atomic E-state index is -2.83. The van der Waals surface area contributed by atoms with Crippen molar-refractivity contribution in [2.45, 2.75) is 19.3 Å². The molecule has 104 valence electrons. The molecule has 2 aliphatic rings. The van der Waals surface area contributed by atoms with E-state index < -0.39 is 9.84 Å². The van der Waals surface area contributed by atoms with Gasteiger partial charge < -0.3 is 10.1 Å². The Bertz CT molecular complexity index is 392. The van der Waals surface area contributed by atoms with Gasteiger partial charge in [-0.05, 0) is 44.2 Å². The maximum atomic E-state index is 11.8. The van der Waals surface area contributed by atoms with Crippen molar-refractivity contribution >= 4 is 15.8 Å². The molecule has 0 amide bonds. The molecule has 0 aromatic heterocycles. The predicted molar refractivity (Wildman–Crippen MR) is 67.9 cm³/mol. The van der Waals surface area contributed by atoms with E-state index in [-0.39, 0.29) is 29.3 Å². The number of esters is 1. The molecule has 0 radical (unpaired) electrons. The maximum Gasteiger partial charge on any atom is 0.309 e. The number of hydrogen-bond donors (Lipinski definition) is 1. The first-order valence-corrected chi connectivity index (χ1v) is 8.34. The second kappa shape index (κ2) is 5.57. The molecule has 0 aliphatic carbocycles. The van der Waals surface area contributed by atoms with Crippen molar-refractivity contribution in [3.8, 4) is 0 Å². The van der Waals surface area contributed by atoms with Crippen LogP contribution in [0.3, 0.4) is 0 Å². The minimum absolute atomic E-state index is 0.0675. The highest BCUT2D eigenvalue weighted by molar-refractivity contribution is 7.91. The lowest BCUT2D eigenvalue weighted by Crippen LogP contribution is -2.45. The van der Waals surface area contributed by atoms with E-state index in [9.17, 15) is 13.2 Å². The number of methoxy groups -OCH3 is 1. The Morgan fingerprint density at radius 3 is 2.50 bits per heavy atom. The minimum Gasteiger partial charge on any atom is -0.469 e. The monoisotopic (exact) mass is 275 g/mol. The summed E-state index contributed by atoms with van der Waals surface area (Å²) in [5.74, 6) is 0.869. The molecule has 0 bridgehead atoms. The van der Waals surface area contributed by atoms with E-state index in [0.717, 1.165) is 19.5 Å². The van der Waals surface area contributed by atoms with Gasteiger partial charge in [0.05, 0.1) is 24.5 Å². The molecule has 1 N–H and O–H groups in total. The Kier molecular flexibility index (Phi) is 4.27. The first-order chi connectivity index (χ1) is 8.53. The van der Waals surface area contributed by atoms with Crippen LogP contribution in [-0.4, -0.2) is 46.1 Å². The molecule has 2 rings (SSSR count). The summed E-state index contributed by atoms with van der Waals surface area (Å²) in [5, 5.41) is 3.30. The van der Waals surface area contributed by atoms with Crippen LogP contribution in [0, 0.1) is 17.8 Å². The summed E-state index contributed by atoms with van der Waals surface area (Å²) in [4.78, 5) is 11.8. The quantitative estimate of drug-likeness (QED) is 0.729. The van der Waals surface area contributed by atoms with Crippen LogP contribution in [-0.2, 0) is 19.4 Å². The van der Waals surface area contributed by atoms with E-state index in [0.29, 0.717) is 18.8 Å². The number of carbonyl (C=O) groups is 1. The number of nitrogens with one attached hydrogen (secondary N) is 1. The second-order valence-electron chi connectivity index (χ2n) is 5.28. The predicted octanol–water partition coefficient (Wildman–Crippen LogP) is 0.210. The summed E-state index contributed by atoms with van der Waals surface area (Å²) < 4.78 is 27.8. The van der Waals surface area contributed by atoms with E-state index in [4.69, 9.17) is 4.74 Å². The lowest BCUT2D eigenvalue weighted by molar-refractivity contribution is -0.149. The number of ether oxygens (including phenoxy) is 1. The average Bonchev–Trinajstić information content (AvgIpc) is 2.38. The largest absolute Gasteiger partial charge is 0.469 e. The Labute approximate surface area is 108 Å². The van der Waals surface area contributed by atoms with Crippen LogP contribution < -0.4 is 5.32 Å². The molecule has 2 saturated heterocycles. The molecule has 5 nitrogen and oxygen atoms in total. The molecule has 0 saturated carbocycles. The molecule has 2 unspecified atom stereocenters. The Balaban J connectivity index is 2.03. The smallest absolute Gasteiger partial charge is 0.309 e. The summed E-state index contributed by atoms with van der Waals surface area (Å²) in [7, 11) is -1.41. The maximum absolute atomic E-state index is 11.8. The van der Waals surface area contributed by atoms with E-state index in [1.54, 1.807) is 0 Å². The highest BCUT2D eigenvalue weighted by Gasteiger charge is 2.39. The standard InChI is InChI=1S/C12H21NO4S/c1-17-12(14)10-2-5-13-8-11(10)9-3-6-18(15,16)7-4-9/h9-11,13H,2-8H2,1H3. The van der Waals surface area contributed by atoms with Crippen LogP contribution in [0.15, 0.2) is 0 Å². The molecule has 2 aliphatic heterocycles. The van der Waals surface area contributed by atoms with Crippen LogP contribution in [0.2, 0.25) is 0 Å². The topological polar surface area (TPSA) is 72.5 Å². The third-order valence-corrected chi connectivity index (χ3v) is 5.95. The fraction of sp³-hybridized carbons (Fsp3) is 0.917. The Morgan fingerprint density at radius 2 is 1.89 bits per heavy atom. The number of piperidine rings is 1. The zero-order valence-corrected chi connectivity index (χ0v) is 11.5. The van der Waals surface area contributed by atoms with Gasteiger partial charge in [0.1, 0.15) is 9.84 Å². The van der Waals surface area contributed by atoms with Crippen molar-refractivity contribution in [3.63, 3.8) is 0 Å². The van der Waals surface area contributed by atoms with Gasteiger partial charge >= 0.3 is 5.97 Å². The molecule has 2 atom stereocenters. The normalized spacial score (nSPS) is 32.9. The van der Waals surface area contributed by atoms with Crippen molar-refractivity contribution in [1.29, 1.82) is 0 Å². The van der Waals surface area contributed by atoms with Crippen LogP contribution >= 0.6 is 0 Å². The van der Waals surface area contributed by atoms with Crippen molar-refractivity contribution in [2.75, 3.05) is 31.7 Å². The molecule has 2 fully saturated rings. The molecular weight excluding hydrogens is 254 g/mol. The van der Waals surface area contributed by atoms with Gasteiger partial charge in [-0.3, -0.25) is 4.79 Å². The summed E-state index contributed by atoms with van der Waals surface area (Å²) in [6, 6.07) is 0. The van der Waals surface area contributed by atoms with Gasteiger partial charge in [0.25, 0.3) is 0 Å². The summed E-state index contributed by atoms with van der Waals surface area (Å²) in [5.41, 5.74) is 0. The van der Waals surface area contributed by atoms with Gasteiger partial charge in [-0.25, -0.2) is 8.42 Å². The number of sulfone groups is 1. The van der Waals surface area contributed by atoms with Crippen LogP contribution in [0.5, 0.6) is 0 Å². The van der Waals surface area contributed by atoms with Crippen molar-refractivity contribution < 1.29 is 17.9 Å². The van der Waals surface area contributed by atoms with Crippen molar-refractivity contribution in [3.05, 3.63) is 0 Å². The van der Waals surface area contributed by atoms with Crippen molar-refractivity contribution in [1.82, 2.24) is 5.32 Å². The summed E-state index contributed by atoms with van der Waals surface area (Å²) >= 11 is 0. The van der Waals surface area contributed by atoms with E-state index in [1.165, 1.54) is 7.11 Å². The summed E-state index contributed by atoms with van der Waals surface area (Å²) in [6.45, 7) is 1.63. The van der Waals surface area contributed by atoms with Gasteiger partial charge in [0, 0.05) is 0 Å². The molecule has 0 aromatic rings. The molecule has 18 heavy (non-hydrogen) atoms. The Morgan fingerprint density at radius 1 is 1.22 bits per heavy atom. The second-order valence-corrected chi connectivity index (χ2v) is 7.58. The van der Waals surface area contributed by atoms with E-state index in [2.05, 4.69) is 5.32 Å². The third-order valence-electron chi connectivity index (χ3n) is 4.24. The van der Waals surface area contributed by atoms with E-state index >= 15 is 0 Å². The lowest BCUT2D eigenvalue weighted by atomic mass is 9.75. The molecular formula is C12H21NO4S. The highest BCUT2D eigenvalue weighted by atomic mass is 32.2. The lowest BCUT2D eigenvalue weighted by Gasteiger charge is -2.37. The SMILES string of the molecule is COC(=O)C1CCNCC1C1CCS(=O)(=O)CC1. The number of hydrogen-bond acceptors (Lipinski definition) is 5. The zero-order chi connectivity index (χ0) is 13.2. The fourth-order valence-corrected chi connectivity index (χ4v) is 4.69. The highest BCUT2D eigenvalue weighted by Crippen LogP contribution is 2.34. The molecule has 6 heteroatoms. The number of rotatable bonds is 2. The Hall–Kier alpha value is -0.620. The van der Waals surface area contributed by atoms with Gasteiger partial charge in [-0.2, -0.15) is 0 Å². The van der Waals surface area contributed by atoms with Crippen molar-refractivity contribution in [2.24, 2.45) is 17.8 Å².